The first kappa shape index (κ1) is 30.3. The number of carbonyl (C=O) groups is 2. The van der Waals surface area contributed by atoms with Gasteiger partial charge in [0.05, 0.1) is 17.7 Å². The number of rotatable bonds is 10. The Labute approximate surface area is 239 Å². The Morgan fingerprint density at radius 1 is 0.974 bits per heavy atom. The van der Waals surface area contributed by atoms with Crippen LogP contribution in [-0.2, 0) is 26.2 Å². The molecule has 0 spiro atoms. The monoisotopic (exact) mass is 591 g/mol. The number of hydrogen-bond acceptors (Lipinski definition) is 5. The van der Waals surface area contributed by atoms with Crippen molar-refractivity contribution in [1.29, 1.82) is 0 Å². The fraction of sp³-hybridized carbons (Fsp3) is 0.286. The van der Waals surface area contributed by atoms with Crippen LogP contribution in [0.5, 0.6) is 5.75 Å². The predicted molar refractivity (Wildman–Crippen MR) is 154 cm³/mol. The molecule has 39 heavy (non-hydrogen) atoms. The number of ether oxygens (including phenoxy) is 1. The zero-order valence-electron chi connectivity index (χ0n) is 22.4. The maximum absolute atomic E-state index is 14.0. The summed E-state index contributed by atoms with van der Waals surface area (Å²) < 4.78 is 34.4. The molecule has 0 aliphatic rings. The van der Waals surface area contributed by atoms with Crippen LogP contribution in [0.3, 0.4) is 0 Å². The lowest BCUT2D eigenvalue weighted by Gasteiger charge is -2.32. The average Bonchev–Trinajstić information content (AvgIpc) is 2.90. The van der Waals surface area contributed by atoms with Gasteiger partial charge in [0.15, 0.2) is 0 Å². The van der Waals surface area contributed by atoms with E-state index < -0.39 is 34.4 Å². The molecule has 3 aromatic rings. The molecule has 3 rings (SSSR count). The lowest BCUT2D eigenvalue weighted by Crippen LogP contribution is -2.50. The van der Waals surface area contributed by atoms with E-state index in [1.807, 2.05) is 13.8 Å². The molecule has 2 amide bonds. The zero-order chi connectivity index (χ0) is 28.9. The van der Waals surface area contributed by atoms with E-state index in [1.54, 1.807) is 49.4 Å². The summed E-state index contributed by atoms with van der Waals surface area (Å²) in [6, 6.07) is 15.3. The number of amides is 2. The molecule has 0 aromatic heterocycles. The van der Waals surface area contributed by atoms with Crippen LogP contribution in [0.4, 0.5) is 5.69 Å². The van der Waals surface area contributed by atoms with Gasteiger partial charge in [-0.15, -0.1) is 0 Å². The third-order valence-corrected chi connectivity index (χ3v) is 8.62. The van der Waals surface area contributed by atoms with Gasteiger partial charge in [-0.05, 0) is 68.3 Å². The van der Waals surface area contributed by atoms with Crippen molar-refractivity contribution in [2.75, 3.05) is 25.0 Å². The molecule has 1 unspecified atom stereocenters. The second-order valence-electron chi connectivity index (χ2n) is 9.05. The van der Waals surface area contributed by atoms with Crippen LogP contribution in [0, 0.1) is 13.8 Å². The van der Waals surface area contributed by atoms with Gasteiger partial charge in [-0.3, -0.25) is 13.9 Å². The van der Waals surface area contributed by atoms with E-state index in [1.165, 1.54) is 37.3 Å². The second-order valence-corrected chi connectivity index (χ2v) is 11.8. The molecular weight excluding hydrogens is 561 g/mol. The summed E-state index contributed by atoms with van der Waals surface area (Å²) >= 11 is 12.4. The normalized spacial score (nSPS) is 12.0. The van der Waals surface area contributed by atoms with E-state index in [4.69, 9.17) is 27.9 Å². The van der Waals surface area contributed by atoms with Gasteiger partial charge in [0.1, 0.15) is 18.3 Å². The van der Waals surface area contributed by atoms with Crippen molar-refractivity contribution in [3.8, 4) is 5.75 Å². The van der Waals surface area contributed by atoms with Gasteiger partial charge in [-0.2, -0.15) is 0 Å². The molecule has 0 heterocycles. The molecular formula is C28H31Cl2N3O5S. The number of aryl methyl sites for hydroxylation is 2. The summed E-state index contributed by atoms with van der Waals surface area (Å²) in [4.78, 5) is 27.8. The van der Waals surface area contributed by atoms with Crippen LogP contribution < -0.4 is 14.4 Å². The van der Waals surface area contributed by atoms with E-state index >= 15 is 0 Å². The van der Waals surface area contributed by atoms with Crippen LogP contribution in [-0.4, -0.2) is 51.9 Å². The Hall–Kier alpha value is -3.27. The summed E-state index contributed by atoms with van der Waals surface area (Å²) in [7, 11) is -1.34. The first-order valence-corrected chi connectivity index (χ1v) is 14.3. The van der Waals surface area contributed by atoms with E-state index in [9.17, 15) is 18.0 Å². The number of likely N-dealkylation sites (N-methyl/N-ethyl adjacent to an activating group) is 1. The first-order valence-electron chi connectivity index (χ1n) is 12.1. The Morgan fingerprint density at radius 2 is 1.62 bits per heavy atom. The number of hydrogen-bond donors (Lipinski definition) is 1. The Balaban J connectivity index is 2.12. The molecule has 0 saturated heterocycles. The summed E-state index contributed by atoms with van der Waals surface area (Å²) in [5.41, 5.74) is 2.40. The van der Waals surface area contributed by atoms with E-state index in [2.05, 4.69) is 5.32 Å². The summed E-state index contributed by atoms with van der Waals surface area (Å²) in [5.74, 6) is -0.762. The van der Waals surface area contributed by atoms with Gasteiger partial charge < -0.3 is 15.0 Å². The molecule has 0 aliphatic carbocycles. The molecule has 0 fully saturated rings. The number of anilines is 1. The highest BCUT2D eigenvalue weighted by Gasteiger charge is 2.34. The lowest BCUT2D eigenvalue weighted by atomic mass is 10.1. The topological polar surface area (TPSA) is 96.0 Å². The molecule has 3 aromatic carbocycles. The minimum atomic E-state index is -4.23. The van der Waals surface area contributed by atoms with Crippen molar-refractivity contribution in [1.82, 2.24) is 10.2 Å². The van der Waals surface area contributed by atoms with Crippen LogP contribution in [0.2, 0.25) is 10.0 Å². The van der Waals surface area contributed by atoms with Crippen molar-refractivity contribution in [3.63, 3.8) is 0 Å². The number of nitrogens with one attached hydrogen (secondary N) is 1. The molecule has 8 nitrogen and oxygen atoms in total. The number of methoxy groups -OCH3 is 1. The highest BCUT2D eigenvalue weighted by atomic mass is 35.5. The third kappa shape index (κ3) is 7.03. The minimum Gasteiger partial charge on any atom is -0.495 e. The van der Waals surface area contributed by atoms with Crippen LogP contribution in [0.15, 0.2) is 65.6 Å². The van der Waals surface area contributed by atoms with Crippen LogP contribution in [0.1, 0.15) is 23.6 Å². The van der Waals surface area contributed by atoms with Crippen molar-refractivity contribution >= 4 is 50.7 Å². The molecule has 1 atom stereocenters. The van der Waals surface area contributed by atoms with E-state index in [-0.39, 0.29) is 22.9 Å². The molecule has 11 heteroatoms. The average molecular weight is 593 g/mol. The molecule has 0 aliphatic heterocycles. The summed E-state index contributed by atoms with van der Waals surface area (Å²) in [6.45, 7) is 4.58. The molecule has 1 N–H and O–H groups in total. The quantitative estimate of drug-likeness (QED) is 0.359. The van der Waals surface area contributed by atoms with E-state index in [0.717, 1.165) is 15.4 Å². The summed E-state index contributed by atoms with van der Waals surface area (Å²) in [6.07, 6.45) is 0. The number of benzene rings is 3. The van der Waals surface area contributed by atoms with Gasteiger partial charge >= 0.3 is 0 Å². The van der Waals surface area contributed by atoms with Crippen molar-refractivity contribution < 1.29 is 22.7 Å². The van der Waals surface area contributed by atoms with Crippen LogP contribution in [0.25, 0.3) is 0 Å². The molecule has 208 valence electrons. The summed E-state index contributed by atoms with van der Waals surface area (Å²) in [5, 5.41) is 3.28. The number of nitrogens with zero attached hydrogens (tertiary/aromatic N) is 2. The third-order valence-electron chi connectivity index (χ3n) is 6.26. The maximum atomic E-state index is 14.0. The predicted octanol–water partition coefficient (Wildman–Crippen LogP) is 4.98. The number of sulfonamides is 1. The molecule has 0 radical (unpaired) electrons. The smallest absolute Gasteiger partial charge is 0.264 e. The highest BCUT2D eigenvalue weighted by molar-refractivity contribution is 7.92. The number of carbonyl (C=O) groups excluding carboxylic acids is 2. The lowest BCUT2D eigenvalue weighted by molar-refractivity contribution is -0.139. The van der Waals surface area contributed by atoms with Crippen LogP contribution >= 0.6 is 23.2 Å². The Bertz CT molecular complexity index is 1460. The van der Waals surface area contributed by atoms with Crippen molar-refractivity contribution in [2.45, 2.75) is 38.3 Å². The van der Waals surface area contributed by atoms with Gasteiger partial charge in [-0.25, -0.2) is 8.42 Å². The second kappa shape index (κ2) is 12.7. The number of halogens is 2. The van der Waals surface area contributed by atoms with Gasteiger partial charge in [0.25, 0.3) is 10.0 Å². The van der Waals surface area contributed by atoms with Crippen molar-refractivity contribution in [3.05, 3.63) is 87.4 Å². The maximum Gasteiger partial charge on any atom is 0.264 e. The first-order chi connectivity index (χ1) is 18.4. The Morgan fingerprint density at radius 3 is 2.21 bits per heavy atom. The largest absolute Gasteiger partial charge is 0.495 e. The van der Waals surface area contributed by atoms with Gasteiger partial charge in [0, 0.05) is 23.6 Å². The van der Waals surface area contributed by atoms with E-state index in [0.29, 0.717) is 15.6 Å². The fourth-order valence-electron chi connectivity index (χ4n) is 3.97. The fourth-order valence-corrected chi connectivity index (χ4v) is 5.86. The molecule has 0 saturated carbocycles. The minimum absolute atomic E-state index is 0.0103. The van der Waals surface area contributed by atoms with Crippen molar-refractivity contribution in [2.24, 2.45) is 0 Å². The standard InChI is InChI=1S/C28H31Cl2N3O5S/c1-18-6-11-23(12-7-18)39(36,37)33(25-14-19(2)8-13-26(25)38-5)17-27(34)32(20(3)28(35)31-4)16-21-9-10-22(29)15-24(21)30/h6-15,20H,16-17H2,1-5H3,(H,31,35). The molecule has 0 bridgehead atoms. The van der Waals surface area contributed by atoms with Gasteiger partial charge in [0.2, 0.25) is 11.8 Å². The SMILES string of the molecule is CNC(=O)C(C)N(Cc1ccc(Cl)cc1Cl)C(=O)CN(c1cc(C)ccc1OC)S(=O)(=O)c1ccc(C)cc1. The van der Waals surface area contributed by atoms with Gasteiger partial charge in [-0.1, -0.05) is 53.0 Å². The zero-order valence-corrected chi connectivity index (χ0v) is 24.7. The Kier molecular flexibility index (Phi) is 9.88. The highest BCUT2D eigenvalue weighted by Crippen LogP contribution is 2.34.